The number of amides is 1. The van der Waals surface area contributed by atoms with Crippen LogP contribution in [0, 0.1) is 17.8 Å². The summed E-state index contributed by atoms with van der Waals surface area (Å²) in [6.07, 6.45) is 3.51. The molecule has 0 aliphatic carbocycles. The molecule has 0 aromatic heterocycles. The van der Waals surface area contributed by atoms with Gasteiger partial charge in [-0.2, -0.15) is 0 Å². The fourth-order valence-corrected chi connectivity index (χ4v) is 1.59. The van der Waals surface area contributed by atoms with E-state index >= 15 is 0 Å². The Labute approximate surface area is 103 Å². The van der Waals surface area contributed by atoms with Crippen molar-refractivity contribution >= 4 is 5.91 Å². The van der Waals surface area contributed by atoms with E-state index in [0.29, 0.717) is 6.42 Å². The lowest BCUT2D eigenvalue weighted by Crippen LogP contribution is -2.22. The van der Waals surface area contributed by atoms with Crippen molar-refractivity contribution in [3.8, 4) is 11.8 Å². The first-order valence-corrected chi connectivity index (χ1v) is 6.07. The Morgan fingerprint density at radius 1 is 1.35 bits per heavy atom. The second-order valence-corrected chi connectivity index (χ2v) is 4.11. The quantitative estimate of drug-likeness (QED) is 0.775. The predicted octanol–water partition coefficient (Wildman–Crippen LogP) is 2.72. The molecule has 2 N–H and O–H groups in total. The van der Waals surface area contributed by atoms with E-state index in [0.717, 1.165) is 24.8 Å². The first-order valence-electron chi connectivity index (χ1n) is 6.07. The van der Waals surface area contributed by atoms with Crippen molar-refractivity contribution in [2.45, 2.75) is 32.6 Å². The van der Waals surface area contributed by atoms with Crippen molar-refractivity contribution in [1.82, 2.24) is 0 Å². The largest absolute Gasteiger partial charge is 0.369 e. The molecule has 0 spiro atoms. The number of benzene rings is 1. The number of hydrogen-bond acceptors (Lipinski definition) is 1. The third-order valence-corrected chi connectivity index (χ3v) is 2.66. The zero-order valence-electron chi connectivity index (χ0n) is 10.3. The van der Waals surface area contributed by atoms with E-state index in [4.69, 9.17) is 5.73 Å². The average Bonchev–Trinajstić information content (AvgIpc) is 2.34. The fraction of sp³-hybridized carbons (Fsp3) is 0.400. The maximum absolute atomic E-state index is 11.2. The molecule has 2 heteroatoms. The van der Waals surface area contributed by atoms with Gasteiger partial charge < -0.3 is 5.73 Å². The molecule has 1 amide bonds. The van der Waals surface area contributed by atoms with Gasteiger partial charge in [0.2, 0.25) is 5.91 Å². The van der Waals surface area contributed by atoms with Crippen LogP contribution in [-0.2, 0) is 4.79 Å². The molecule has 0 saturated carbocycles. The van der Waals surface area contributed by atoms with Gasteiger partial charge in [-0.15, -0.1) is 0 Å². The average molecular weight is 229 g/mol. The fourth-order valence-electron chi connectivity index (χ4n) is 1.59. The number of nitrogens with two attached hydrogens (primary N) is 1. The van der Waals surface area contributed by atoms with Gasteiger partial charge in [-0.05, 0) is 18.6 Å². The Balaban J connectivity index is 2.52. The van der Waals surface area contributed by atoms with Gasteiger partial charge in [0.05, 0.1) is 0 Å². The summed E-state index contributed by atoms with van der Waals surface area (Å²) in [5.41, 5.74) is 6.33. The van der Waals surface area contributed by atoms with Crippen LogP contribution in [0.4, 0.5) is 0 Å². The third kappa shape index (κ3) is 5.21. The molecule has 1 atom stereocenters. The van der Waals surface area contributed by atoms with Crippen molar-refractivity contribution < 1.29 is 4.79 Å². The van der Waals surface area contributed by atoms with E-state index in [1.807, 2.05) is 30.3 Å². The van der Waals surface area contributed by atoms with Crippen LogP contribution in [0.3, 0.4) is 0 Å². The number of carbonyl (C=O) groups excluding carboxylic acids is 1. The highest BCUT2D eigenvalue weighted by atomic mass is 16.1. The predicted molar refractivity (Wildman–Crippen MR) is 70.1 cm³/mol. The molecule has 0 fully saturated rings. The molecule has 1 aromatic carbocycles. The smallest absolute Gasteiger partial charge is 0.221 e. The molecule has 1 rings (SSSR count). The first kappa shape index (κ1) is 13.3. The van der Waals surface area contributed by atoms with Gasteiger partial charge in [0, 0.05) is 17.9 Å². The van der Waals surface area contributed by atoms with Crippen LogP contribution in [-0.4, -0.2) is 5.91 Å². The standard InChI is InChI=1S/C15H19NO/c1-2-3-11-14(15(16)17)12-7-10-13-8-5-4-6-9-13/h4-6,8-9,14H,2-3,11-12H2,1H3,(H2,16,17). The summed E-state index contributed by atoms with van der Waals surface area (Å²) in [4.78, 5) is 11.2. The topological polar surface area (TPSA) is 43.1 Å². The van der Waals surface area contributed by atoms with Gasteiger partial charge in [0.25, 0.3) is 0 Å². The molecule has 0 bridgehead atoms. The molecule has 90 valence electrons. The van der Waals surface area contributed by atoms with Crippen LogP contribution >= 0.6 is 0 Å². The minimum Gasteiger partial charge on any atom is -0.369 e. The van der Waals surface area contributed by atoms with Crippen molar-refractivity contribution in [3.05, 3.63) is 35.9 Å². The highest BCUT2D eigenvalue weighted by Crippen LogP contribution is 2.11. The second-order valence-electron chi connectivity index (χ2n) is 4.11. The number of carbonyl (C=O) groups is 1. The third-order valence-electron chi connectivity index (χ3n) is 2.66. The Bertz CT molecular complexity index is 400. The van der Waals surface area contributed by atoms with Crippen molar-refractivity contribution in [3.63, 3.8) is 0 Å². The normalized spacial score (nSPS) is 11.4. The van der Waals surface area contributed by atoms with Gasteiger partial charge in [0.15, 0.2) is 0 Å². The molecular weight excluding hydrogens is 210 g/mol. The monoisotopic (exact) mass is 229 g/mol. The van der Waals surface area contributed by atoms with Crippen LogP contribution < -0.4 is 5.73 Å². The Morgan fingerprint density at radius 2 is 2.06 bits per heavy atom. The number of unbranched alkanes of at least 4 members (excludes halogenated alkanes) is 1. The van der Waals surface area contributed by atoms with Gasteiger partial charge in [-0.1, -0.05) is 49.8 Å². The summed E-state index contributed by atoms with van der Waals surface area (Å²) in [5.74, 6) is 5.75. The summed E-state index contributed by atoms with van der Waals surface area (Å²) < 4.78 is 0. The molecule has 17 heavy (non-hydrogen) atoms. The summed E-state index contributed by atoms with van der Waals surface area (Å²) in [7, 11) is 0. The lowest BCUT2D eigenvalue weighted by atomic mass is 9.98. The SMILES string of the molecule is CCCCC(CC#Cc1ccccc1)C(N)=O. The molecule has 1 aromatic rings. The van der Waals surface area contributed by atoms with Crippen molar-refractivity contribution in [2.24, 2.45) is 11.7 Å². The summed E-state index contributed by atoms with van der Waals surface area (Å²) in [6.45, 7) is 2.10. The molecular formula is C15H19NO. The molecule has 0 saturated heterocycles. The van der Waals surface area contributed by atoms with E-state index in [9.17, 15) is 4.79 Å². The second kappa shape index (κ2) is 7.51. The minimum absolute atomic E-state index is 0.105. The van der Waals surface area contributed by atoms with E-state index < -0.39 is 0 Å². The molecule has 0 radical (unpaired) electrons. The molecule has 2 nitrogen and oxygen atoms in total. The van der Waals surface area contributed by atoms with E-state index in [1.165, 1.54) is 0 Å². The van der Waals surface area contributed by atoms with Gasteiger partial charge >= 0.3 is 0 Å². The summed E-state index contributed by atoms with van der Waals surface area (Å²) in [6, 6.07) is 9.77. The molecule has 0 heterocycles. The Morgan fingerprint density at radius 3 is 2.65 bits per heavy atom. The van der Waals surface area contributed by atoms with Crippen LogP contribution in [0.25, 0.3) is 0 Å². The van der Waals surface area contributed by atoms with Crippen LogP contribution in [0.15, 0.2) is 30.3 Å². The van der Waals surface area contributed by atoms with Crippen molar-refractivity contribution in [2.75, 3.05) is 0 Å². The van der Waals surface area contributed by atoms with Gasteiger partial charge in [-0.3, -0.25) is 4.79 Å². The number of hydrogen-bond donors (Lipinski definition) is 1. The van der Waals surface area contributed by atoms with Crippen LogP contribution in [0.5, 0.6) is 0 Å². The summed E-state index contributed by atoms with van der Waals surface area (Å²) in [5, 5.41) is 0. The Hall–Kier alpha value is -1.75. The van der Waals surface area contributed by atoms with Crippen LogP contribution in [0.2, 0.25) is 0 Å². The summed E-state index contributed by atoms with van der Waals surface area (Å²) >= 11 is 0. The first-order chi connectivity index (χ1) is 8.24. The van der Waals surface area contributed by atoms with Gasteiger partial charge in [0.1, 0.15) is 0 Å². The van der Waals surface area contributed by atoms with Gasteiger partial charge in [-0.25, -0.2) is 0 Å². The zero-order valence-corrected chi connectivity index (χ0v) is 10.3. The Kier molecular flexibility index (Phi) is 5.88. The minimum atomic E-state index is -0.235. The van der Waals surface area contributed by atoms with E-state index in [1.54, 1.807) is 0 Å². The maximum Gasteiger partial charge on any atom is 0.221 e. The number of rotatable bonds is 5. The lowest BCUT2D eigenvalue weighted by molar-refractivity contribution is -0.121. The molecule has 1 unspecified atom stereocenters. The molecule has 0 aliphatic rings. The highest BCUT2D eigenvalue weighted by molar-refractivity contribution is 5.76. The zero-order chi connectivity index (χ0) is 12.5. The van der Waals surface area contributed by atoms with E-state index in [-0.39, 0.29) is 11.8 Å². The lowest BCUT2D eigenvalue weighted by Gasteiger charge is -2.08. The maximum atomic E-state index is 11.2. The van der Waals surface area contributed by atoms with Crippen molar-refractivity contribution in [1.29, 1.82) is 0 Å². The van der Waals surface area contributed by atoms with E-state index in [2.05, 4.69) is 18.8 Å². The molecule has 0 aliphatic heterocycles. The number of primary amides is 1. The highest BCUT2D eigenvalue weighted by Gasteiger charge is 2.12. The van der Waals surface area contributed by atoms with Crippen LogP contribution in [0.1, 0.15) is 38.2 Å².